The van der Waals surface area contributed by atoms with Crippen LogP contribution in [0.2, 0.25) is 0 Å². The fourth-order valence-corrected chi connectivity index (χ4v) is 12.2. The molecule has 10 aromatic rings. The molecule has 550 valence electrons. The Morgan fingerprint density at radius 2 is 0.840 bits per heavy atom. The number of carbonyl (C=O) groups is 1. The van der Waals surface area contributed by atoms with Crippen molar-refractivity contribution in [2.24, 2.45) is 16.8 Å². The zero-order valence-corrected chi connectivity index (χ0v) is 60.2. The second-order valence-electron chi connectivity index (χ2n) is 26.4. The highest BCUT2D eigenvalue weighted by molar-refractivity contribution is 5.97. The van der Waals surface area contributed by atoms with Crippen LogP contribution in [-0.4, -0.2) is 78.5 Å². The molecule has 106 heavy (non-hydrogen) atoms. The third-order valence-electron chi connectivity index (χ3n) is 18.2. The van der Waals surface area contributed by atoms with Gasteiger partial charge in [0.15, 0.2) is 17.2 Å². The lowest BCUT2D eigenvalue weighted by Gasteiger charge is -2.12. The Balaban J connectivity index is 0.000000149. The number of amidine groups is 1. The molecule has 0 unspecified atom stereocenters. The minimum atomic E-state index is -0.935. The molecule has 5 aliphatic rings. The Hall–Kier alpha value is -11.8. The van der Waals surface area contributed by atoms with Gasteiger partial charge in [-0.2, -0.15) is 9.97 Å². The maximum absolute atomic E-state index is 12.1. The molecule has 0 atom stereocenters. The molecule has 0 bridgehead atoms. The average molecular weight is 1430 g/mol. The van der Waals surface area contributed by atoms with E-state index in [2.05, 4.69) is 55.6 Å². The van der Waals surface area contributed by atoms with Gasteiger partial charge >= 0.3 is 5.97 Å². The van der Waals surface area contributed by atoms with E-state index in [9.17, 15) is 14.3 Å². The first-order chi connectivity index (χ1) is 51.7. The third kappa shape index (κ3) is 26.2. The maximum atomic E-state index is 12.1. The Bertz CT molecular complexity index is 4200. The summed E-state index contributed by atoms with van der Waals surface area (Å²) in [6.07, 6.45) is 28.4. The summed E-state index contributed by atoms with van der Waals surface area (Å²) in [5, 5.41) is 37.5. The van der Waals surface area contributed by atoms with Crippen molar-refractivity contribution in [3.8, 4) is 80.2 Å². The lowest BCUT2D eigenvalue weighted by molar-refractivity contribution is 0.0696. The number of nitrogens with two attached hydrogens (primary N) is 1. The minimum absolute atomic E-state index is 0.118. The average Bonchev–Trinajstić information content (AvgIpc) is 1.69. The first kappa shape index (κ1) is 78.4. The number of rotatable bonds is 17. The minimum Gasteiger partial charge on any atom is -0.508 e. The molecular formula is C86H93FN8O11. The summed E-state index contributed by atoms with van der Waals surface area (Å²) >= 11 is 0. The van der Waals surface area contributed by atoms with E-state index in [-0.39, 0.29) is 23.0 Å². The van der Waals surface area contributed by atoms with E-state index in [4.69, 9.17) is 61.9 Å². The van der Waals surface area contributed by atoms with Crippen molar-refractivity contribution in [3.05, 3.63) is 252 Å². The van der Waals surface area contributed by atoms with Gasteiger partial charge in [-0.1, -0.05) is 103 Å². The molecule has 0 saturated heterocycles. The lowest BCUT2D eigenvalue weighted by Crippen LogP contribution is -2.13. The van der Waals surface area contributed by atoms with Crippen LogP contribution in [0.15, 0.2) is 221 Å². The normalized spacial score (nSPS) is 14.9. The van der Waals surface area contributed by atoms with Crippen LogP contribution in [0.25, 0.3) is 55.4 Å². The number of hydrogen-bond acceptors (Lipinski definition) is 15. The van der Waals surface area contributed by atoms with Crippen LogP contribution < -0.4 is 29.4 Å². The number of carboxylic acids is 1. The number of oxime groups is 1. The van der Waals surface area contributed by atoms with Crippen LogP contribution in [0.5, 0.6) is 34.5 Å². The number of aromatic carboxylic acids is 1. The number of ether oxygens (including phenoxy) is 5. The van der Waals surface area contributed by atoms with Crippen LogP contribution >= 0.6 is 0 Å². The summed E-state index contributed by atoms with van der Waals surface area (Å²) in [5.41, 5.74) is 12.3. The molecule has 20 heteroatoms. The van der Waals surface area contributed by atoms with Gasteiger partial charge in [-0.15, -0.1) is 0 Å². The SMILES string of the molecule is C=CCOc1ccc(C(=O)O)cc1.CC1CCCC1.Cc1ccc(-c2nc(-c3ccc(OC4CCCC4)cc3)no2)cc1.N/C(=N\O)c1ccc(OC2CCCC2)cc1.Oc1ccc(-c2nc(-c3ccc(OC4CCCC4)cc3)no2)cc1.[C-]#[N+]c1ccc(F)cc1.[C-]#[N+]c1ccc(OC2CCCC2)cc1. The van der Waals surface area contributed by atoms with Gasteiger partial charge in [0.25, 0.3) is 11.8 Å². The second-order valence-corrected chi connectivity index (χ2v) is 26.4. The number of hydrogen-bond donors (Lipinski definition) is 4. The van der Waals surface area contributed by atoms with E-state index in [0.29, 0.717) is 77.1 Å². The molecule has 19 nitrogen and oxygen atoms in total. The summed E-state index contributed by atoms with van der Waals surface area (Å²) in [6.45, 7) is 21.7. The highest BCUT2D eigenvalue weighted by atomic mass is 19.1. The fourth-order valence-electron chi connectivity index (χ4n) is 12.2. The number of phenolic OH excluding ortho intramolecular Hbond substituents is 1. The van der Waals surface area contributed by atoms with Gasteiger partial charge in [0.1, 0.15) is 46.9 Å². The smallest absolute Gasteiger partial charge is 0.335 e. The Kier molecular flexibility index (Phi) is 31.1. The molecule has 0 radical (unpaired) electrons. The molecule has 8 aromatic carbocycles. The van der Waals surface area contributed by atoms with Gasteiger partial charge in [-0.05, 0) is 273 Å². The molecule has 5 aliphatic carbocycles. The van der Waals surface area contributed by atoms with Crippen molar-refractivity contribution in [1.29, 1.82) is 0 Å². The molecule has 0 aliphatic heterocycles. The quantitative estimate of drug-likeness (QED) is 0.0165. The fraction of sp³-hybridized carbons (Fsp3) is 0.326. The molecule has 5 N–H and O–H groups in total. The zero-order valence-electron chi connectivity index (χ0n) is 60.2. The van der Waals surface area contributed by atoms with E-state index in [1.54, 1.807) is 66.7 Å². The molecular weight excluding hydrogens is 1340 g/mol. The number of benzene rings is 8. The Morgan fingerprint density at radius 3 is 1.19 bits per heavy atom. The van der Waals surface area contributed by atoms with E-state index < -0.39 is 5.97 Å². The van der Waals surface area contributed by atoms with Crippen LogP contribution in [0, 0.1) is 31.8 Å². The van der Waals surface area contributed by atoms with Crippen molar-refractivity contribution in [2.45, 2.75) is 167 Å². The van der Waals surface area contributed by atoms with Crippen LogP contribution in [-0.2, 0) is 0 Å². The van der Waals surface area contributed by atoms with Gasteiger partial charge in [-0.3, -0.25) is 0 Å². The first-order valence-electron chi connectivity index (χ1n) is 36.4. The Morgan fingerprint density at radius 1 is 0.509 bits per heavy atom. The van der Waals surface area contributed by atoms with Crippen molar-refractivity contribution in [1.82, 2.24) is 20.3 Å². The van der Waals surface area contributed by atoms with E-state index in [1.165, 1.54) is 132 Å². The molecule has 15 rings (SSSR count). The maximum Gasteiger partial charge on any atom is 0.335 e. The molecule has 0 amide bonds. The van der Waals surface area contributed by atoms with Gasteiger partial charge < -0.3 is 53.9 Å². The summed E-state index contributed by atoms with van der Waals surface area (Å²) in [5.74, 6) is 6.40. The zero-order chi connectivity index (χ0) is 74.7. The summed E-state index contributed by atoms with van der Waals surface area (Å²) in [6, 6.07) is 56.8. The van der Waals surface area contributed by atoms with Crippen molar-refractivity contribution < 1.29 is 57.3 Å². The number of aryl methyl sites for hydroxylation is 1. The van der Waals surface area contributed by atoms with E-state index in [1.807, 2.05) is 97.1 Å². The summed E-state index contributed by atoms with van der Waals surface area (Å²) < 4.78 is 51.5. The number of halogens is 1. The highest BCUT2D eigenvalue weighted by Crippen LogP contribution is 2.32. The molecule has 5 fully saturated rings. The molecule has 5 saturated carbocycles. The standard InChI is InChI=1S/C20H20N2O2.C19H18N2O3.C12H16N2O2.C12H13NO.C10H10O3.C7H4FN.C6H12/c1-14-6-8-16(9-7-14)20-21-19(22-24-20)15-10-12-18(13-11-15)23-17-4-2-3-5-17;22-15-9-5-14(6-10-15)19-20-18(21-24-19)13-7-11-17(12-8-13)23-16-3-1-2-4-16;13-12(14-15)9-5-7-11(8-6-9)16-10-3-1-2-4-10;1-13-10-6-8-12(9-7-10)14-11-4-2-3-5-11;1-2-7-13-9-5-3-8(4-6-9)10(11)12;1-9-7-4-2-6(8)3-5-7;1-6-4-2-3-5-6/h6-13,17H,2-5H2,1H3;5-12,16,22H,1-4H2;5-8,10,15H,1-4H2,(H2,13,14);6-9,11H,2-5H2;2-6H,1,7H2,(H,11,12);2-5H;6H,2-5H2,1H3. The first-order valence-corrected chi connectivity index (χ1v) is 36.4. The van der Waals surface area contributed by atoms with Gasteiger partial charge in [0.2, 0.25) is 11.6 Å². The topological polar surface area (TPSA) is 249 Å². The number of phenols is 1. The largest absolute Gasteiger partial charge is 0.508 e. The number of carboxylic acid groups (broad SMARTS) is 1. The van der Waals surface area contributed by atoms with Crippen LogP contribution in [0.3, 0.4) is 0 Å². The Labute approximate surface area is 620 Å². The van der Waals surface area contributed by atoms with Crippen LogP contribution in [0.4, 0.5) is 15.8 Å². The van der Waals surface area contributed by atoms with Gasteiger partial charge in [-0.25, -0.2) is 18.9 Å². The monoisotopic (exact) mass is 1430 g/mol. The van der Waals surface area contributed by atoms with Crippen molar-refractivity contribution in [3.63, 3.8) is 0 Å². The van der Waals surface area contributed by atoms with Gasteiger partial charge in [0, 0.05) is 27.8 Å². The predicted octanol–water partition coefficient (Wildman–Crippen LogP) is 21.6. The van der Waals surface area contributed by atoms with Gasteiger partial charge in [0.05, 0.1) is 43.1 Å². The third-order valence-corrected chi connectivity index (χ3v) is 18.2. The van der Waals surface area contributed by atoms with Crippen LogP contribution in [0.1, 0.15) is 157 Å². The number of aromatic nitrogens is 4. The predicted molar refractivity (Wildman–Crippen MR) is 409 cm³/mol. The van der Waals surface area contributed by atoms with E-state index in [0.717, 1.165) is 89.7 Å². The lowest BCUT2D eigenvalue weighted by atomic mass is 10.1. The molecule has 2 aromatic heterocycles. The molecule has 0 spiro atoms. The van der Waals surface area contributed by atoms with Crippen molar-refractivity contribution >= 4 is 23.2 Å². The summed E-state index contributed by atoms with van der Waals surface area (Å²) in [4.78, 5) is 25.8. The van der Waals surface area contributed by atoms with E-state index >= 15 is 0 Å². The number of aromatic hydroxyl groups is 1. The summed E-state index contributed by atoms with van der Waals surface area (Å²) in [7, 11) is 0. The second kappa shape index (κ2) is 42.1. The molecule has 2 heterocycles. The highest BCUT2D eigenvalue weighted by Gasteiger charge is 2.21. The number of nitrogens with zero attached hydrogens (tertiary/aromatic N) is 7. The van der Waals surface area contributed by atoms with Crippen molar-refractivity contribution in [2.75, 3.05) is 6.61 Å².